The molecule has 0 aliphatic heterocycles. The van der Waals surface area contributed by atoms with Crippen molar-refractivity contribution in [2.75, 3.05) is 5.32 Å². The molecule has 6 heteroatoms. The van der Waals surface area contributed by atoms with E-state index in [-0.39, 0.29) is 17.1 Å². The molecule has 0 aliphatic rings. The Morgan fingerprint density at radius 3 is 2.50 bits per heavy atom. The highest BCUT2D eigenvalue weighted by Gasteiger charge is 2.11. The zero-order valence-corrected chi connectivity index (χ0v) is 16.5. The first-order valence-electron chi connectivity index (χ1n) is 7.63. The number of carbonyl (C=O) groups is 1. The van der Waals surface area contributed by atoms with E-state index in [4.69, 9.17) is 17.0 Å². The molecule has 2 rings (SSSR count). The minimum absolute atomic E-state index is 0.178. The molecule has 0 fully saturated rings. The molecule has 2 aromatic carbocycles. The molecule has 0 saturated carbocycles. The molecular formula is C18H19IN2O2S. The van der Waals surface area contributed by atoms with Crippen molar-refractivity contribution in [3.8, 4) is 5.75 Å². The summed E-state index contributed by atoms with van der Waals surface area (Å²) in [6.07, 6.45) is 1.13. The van der Waals surface area contributed by atoms with Crippen molar-refractivity contribution in [1.82, 2.24) is 5.32 Å². The van der Waals surface area contributed by atoms with E-state index in [0.717, 1.165) is 21.4 Å². The monoisotopic (exact) mass is 454 g/mol. The molecule has 0 aliphatic carbocycles. The molecule has 126 valence electrons. The van der Waals surface area contributed by atoms with Crippen molar-refractivity contribution in [2.24, 2.45) is 0 Å². The number of ether oxygens (including phenoxy) is 1. The summed E-state index contributed by atoms with van der Waals surface area (Å²) in [6, 6.07) is 14.8. The molecule has 0 heterocycles. The molecule has 0 saturated heterocycles. The Kier molecular flexibility index (Phi) is 6.99. The first kappa shape index (κ1) is 18.7. The highest BCUT2D eigenvalue weighted by atomic mass is 127. The van der Waals surface area contributed by atoms with Gasteiger partial charge in [-0.3, -0.25) is 10.1 Å². The summed E-state index contributed by atoms with van der Waals surface area (Å²) in [4.78, 5) is 12.2. The van der Waals surface area contributed by atoms with Gasteiger partial charge in [0.25, 0.3) is 5.91 Å². The number of thiocarbonyl (C=S) groups is 1. The van der Waals surface area contributed by atoms with Gasteiger partial charge in [-0.2, -0.15) is 0 Å². The highest BCUT2D eigenvalue weighted by Crippen LogP contribution is 2.17. The van der Waals surface area contributed by atoms with E-state index in [0.29, 0.717) is 5.56 Å². The van der Waals surface area contributed by atoms with Crippen LogP contribution in [-0.2, 0) is 0 Å². The van der Waals surface area contributed by atoms with Crippen molar-refractivity contribution in [2.45, 2.75) is 26.4 Å². The minimum Gasteiger partial charge on any atom is -0.491 e. The summed E-state index contributed by atoms with van der Waals surface area (Å²) < 4.78 is 6.60. The number of hydrogen-bond donors (Lipinski definition) is 2. The Labute approximate surface area is 161 Å². The quantitative estimate of drug-likeness (QED) is 0.513. The molecule has 0 spiro atoms. The Hall–Kier alpha value is -1.67. The molecule has 1 atom stereocenters. The first-order valence-corrected chi connectivity index (χ1v) is 9.12. The van der Waals surface area contributed by atoms with Gasteiger partial charge in [-0.15, -0.1) is 0 Å². The average molecular weight is 454 g/mol. The Morgan fingerprint density at radius 1 is 1.21 bits per heavy atom. The van der Waals surface area contributed by atoms with Gasteiger partial charge in [0.2, 0.25) is 0 Å². The van der Waals surface area contributed by atoms with Crippen molar-refractivity contribution < 1.29 is 9.53 Å². The third kappa shape index (κ3) is 5.45. The van der Waals surface area contributed by atoms with Gasteiger partial charge in [0.1, 0.15) is 5.75 Å². The summed E-state index contributed by atoms with van der Waals surface area (Å²) in [6.45, 7) is 4.11. The Morgan fingerprint density at radius 2 is 1.88 bits per heavy atom. The summed E-state index contributed by atoms with van der Waals surface area (Å²) >= 11 is 7.32. The SMILES string of the molecule is CCC(C)Oc1ccc(NC(=S)NC(=O)c2ccccc2I)cc1. The number of benzene rings is 2. The number of amides is 1. The molecule has 0 radical (unpaired) electrons. The molecule has 1 amide bonds. The van der Waals surface area contributed by atoms with Gasteiger partial charge in [0.15, 0.2) is 5.11 Å². The van der Waals surface area contributed by atoms with Crippen LogP contribution in [0.3, 0.4) is 0 Å². The minimum atomic E-state index is -0.228. The van der Waals surface area contributed by atoms with Crippen LogP contribution in [0.15, 0.2) is 48.5 Å². The van der Waals surface area contributed by atoms with Crippen molar-refractivity contribution in [3.05, 3.63) is 57.7 Å². The van der Waals surface area contributed by atoms with Crippen molar-refractivity contribution >= 4 is 51.5 Å². The van der Waals surface area contributed by atoms with E-state index in [2.05, 4.69) is 40.1 Å². The second kappa shape index (κ2) is 8.98. The van der Waals surface area contributed by atoms with E-state index >= 15 is 0 Å². The van der Waals surface area contributed by atoms with Crippen LogP contribution in [0.2, 0.25) is 0 Å². The predicted molar refractivity (Wildman–Crippen MR) is 110 cm³/mol. The van der Waals surface area contributed by atoms with Gasteiger partial charge in [0.05, 0.1) is 11.7 Å². The van der Waals surface area contributed by atoms with Crippen LogP contribution in [0, 0.1) is 3.57 Å². The van der Waals surface area contributed by atoms with Gasteiger partial charge in [-0.05, 0) is 84.6 Å². The lowest BCUT2D eigenvalue weighted by Gasteiger charge is -2.14. The zero-order chi connectivity index (χ0) is 17.5. The molecular weight excluding hydrogens is 435 g/mol. The lowest BCUT2D eigenvalue weighted by Crippen LogP contribution is -2.34. The molecule has 4 nitrogen and oxygen atoms in total. The van der Waals surface area contributed by atoms with Gasteiger partial charge in [-0.25, -0.2) is 0 Å². The van der Waals surface area contributed by atoms with E-state index in [1.165, 1.54) is 0 Å². The maximum atomic E-state index is 12.2. The number of nitrogens with one attached hydrogen (secondary N) is 2. The van der Waals surface area contributed by atoms with E-state index in [1.54, 1.807) is 6.07 Å². The Bertz CT molecular complexity index is 719. The molecule has 1 unspecified atom stereocenters. The van der Waals surface area contributed by atoms with Gasteiger partial charge in [0, 0.05) is 9.26 Å². The fourth-order valence-corrected chi connectivity index (χ4v) is 2.75. The van der Waals surface area contributed by atoms with Crippen LogP contribution in [0.1, 0.15) is 30.6 Å². The molecule has 2 aromatic rings. The smallest absolute Gasteiger partial charge is 0.258 e. The van der Waals surface area contributed by atoms with Gasteiger partial charge < -0.3 is 10.1 Å². The normalized spacial score (nSPS) is 11.5. The van der Waals surface area contributed by atoms with Crippen molar-refractivity contribution in [1.29, 1.82) is 0 Å². The first-order chi connectivity index (χ1) is 11.5. The van der Waals surface area contributed by atoms with E-state index in [9.17, 15) is 4.79 Å². The zero-order valence-electron chi connectivity index (χ0n) is 13.5. The second-order valence-electron chi connectivity index (χ2n) is 5.25. The third-order valence-corrected chi connectivity index (χ3v) is 4.51. The van der Waals surface area contributed by atoms with Gasteiger partial charge >= 0.3 is 0 Å². The number of rotatable bonds is 5. The van der Waals surface area contributed by atoms with E-state index < -0.39 is 0 Å². The largest absolute Gasteiger partial charge is 0.491 e. The van der Waals surface area contributed by atoms with E-state index in [1.807, 2.05) is 49.4 Å². The van der Waals surface area contributed by atoms with Crippen molar-refractivity contribution in [3.63, 3.8) is 0 Å². The summed E-state index contributed by atoms with van der Waals surface area (Å²) in [7, 11) is 0. The topological polar surface area (TPSA) is 50.4 Å². The summed E-state index contributed by atoms with van der Waals surface area (Å²) in [5, 5.41) is 5.94. The van der Waals surface area contributed by atoms with Gasteiger partial charge in [-0.1, -0.05) is 19.1 Å². The number of carbonyl (C=O) groups excluding carboxylic acids is 1. The predicted octanol–water partition coefficient (Wildman–Crippen LogP) is 4.60. The summed E-state index contributed by atoms with van der Waals surface area (Å²) in [5.41, 5.74) is 1.39. The second-order valence-corrected chi connectivity index (χ2v) is 6.82. The van der Waals surface area contributed by atoms with Crippen LogP contribution in [-0.4, -0.2) is 17.1 Å². The van der Waals surface area contributed by atoms with Crippen LogP contribution in [0.25, 0.3) is 0 Å². The van der Waals surface area contributed by atoms with Crippen LogP contribution in [0.5, 0.6) is 5.75 Å². The maximum Gasteiger partial charge on any atom is 0.258 e. The molecule has 24 heavy (non-hydrogen) atoms. The standard InChI is InChI=1S/C18H19IN2O2S/c1-3-12(2)23-14-10-8-13(9-11-14)20-18(24)21-17(22)15-6-4-5-7-16(15)19/h4-12H,3H2,1-2H3,(H2,20,21,22,24). The molecule has 0 bridgehead atoms. The Balaban J connectivity index is 1.92. The summed E-state index contributed by atoms with van der Waals surface area (Å²) in [5.74, 6) is 0.581. The lowest BCUT2D eigenvalue weighted by atomic mass is 10.2. The fourth-order valence-electron chi connectivity index (χ4n) is 1.91. The van der Waals surface area contributed by atoms with Crippen LogP contribution >= 0.6 is 34.8 Å². The number of halogens is 1. The fraction of sp³-hybridized carbons (Fsp3) is 0.222. The highest BCUT2D eigenvalue weighted by molar-refractivity contribution is 14.1. The van der Waals surface area contributed by atoms with Crippen LogP contribution < -0.4 is 15.4 Å². The molecule has 0 aromatic heterocycles. The van der Waals surface area contributed by atoms with Crippen LogP contribution in [0.4, 0.5) is 5.69 Å². The third-order valence-electron chi connectivity index (χ3n) is 3.37. The number of anilines is 1. The molecule has 2 N–H and O–H groups in total. The number of hydrogen-bond acceptors (Lipinski definition) is 3. The average Bonchev–Trinajstić information content (AvgIpc) is 2.56. The maximum absolute atomic E-state index is 12.2. The lowest BCUT2D eigenvalue weighted by molar-refractivity contribution is 0.0977.